The van der Waals surface area contributed by atoms with Gasteiger partial charge in [-0.3, -0.25) is 0 Å². The molecule has 5 heteroatoms. The molecule has 0 aromatic rings. The summed E-state index contributed by atoms with van der Waals surface area (Å²) in [5.41, 5.74) is 0. The van der Waals surface area contributed by atoms with Crippen molar-refractivity contribution >= 4 is 15.9 Å². The summed E-state index contributed by atoms with van der Waals surface area (Å²) in [6.07, 6.45) is 0.0579. The zero-order valence-electron chi connectivity index (χ0n) is 3.99. The van der Waals surface area contributed by atoms with E-state index in [-0.39, 0.29) is 12.2 Å². The standard InChI is InChI=1S/C3H5NO3S/c5-3-1-2-8(6,7)4-3/h1-2H2,(H,4,5)/p-1. The highest BCUT2D eigenvalue weighted by Gasteiger charge is 2.13. The molecule has 0 aromatic heterocycles. The fourth-order valence-corrected chi connectivity index (χ4v) is 1.39. The van der Waals surface area contributed by atoms with Gasteiger partial charge in [-0.15, -0.1) is 0 Å². The first kappa shape index (κ1) is 5.55. The van der Waals surface area contributed by atoms with Gasteiger partial charge in [0.25, 0.3) is 10.0 Å². The summed E-state index contributed by atoms with van der Waals surface area (Å²) in [5.74, 6) is -0.628. The molecule has 46 valence electrons. The highest BCUT2D eigenvalue weighted by Crippen LogP contribution is 2.03. The Morgan fingerprint density at radius 2 is 2.25 bits per heavy atom. The second-order valence-corrected chi connectivity index (χ2v) is 3.28. The smallest absolute Gasteiger partial charge is 0.252 e. The van der Waals surface area contributed by atoms with Crippen LogP contribution in [0.25, 0.3) is 0 Å². The number of sulfonamides is 1. The normalized spacial score (nSPS) is 25.2. The van der Waals surface area contributed by atoms with Gasteiger partial charge >= 0.3 is 0 Å². The van der Waals surface area contributed by atoms with Gasteiger partial charge in [-0.05, 0) is 12.3 Å². The summed E-state index contributed by atoms with van der Waals surface area (Å²) >= 11 is 0. The van der Waals surface area contributed by atoms with E-state index in [0.29, 0.717) is 0 Å². The molecule has 1 rings (SSSR count). The van der Waals surface area contributed by atoms with Crippen LogP contribution in [0.4, 0.5) is 0 Å². The van der Waals surface area contributed by atoms with Gasteiger partial charge in [0.2, 0.25) is 0 Å². The fraction of sp³-hybridized carbons (Fsp3) is 0.667. The lowest BCUT2D eigenvalue weighted by molar-refractivity contribution is -0.217. The maximum atomic E-state index is 10.3. The first-order chi connectivity index (χ1) is 3.60. The molecule has 0 fully saturated rings. The van der Waals surface area contributed by atoms with Gasteiger partial charge in [0.05, 0.1) is 5.75 Å². The van der Waals surface area contributed by atoms with E-state index >= 15 is 0 Å². The van der Waals surface area contributed by atoms with E-state index in [1.54, 1.807) is 0 Å². The van der Waals surface area contributed by atoms with Gasteiger partial charge in [0, 0.05) is 0 Å². The van der Waals surface area contributed by atoms with Gasteiger partial charge < -0.3 is 5.11 Å². The van der Waals surface area contributed by atoms with Crippen LogP contribution >= 0.6 is 0 Å². The first-order valence-corrected chi connectivity index (χ1v) is 3.70. The van der Waals surface area contributed by atoms with Crippen LogP contribution in [0.5, 0.6) is 0 Å². The maximum Gasteiger partial charge on any atom is 0.252 e. The van der Waals surface area contributed by atoms with Crippen molar-refractivity contribution in [3.63, 3.8) is 0 Å². The van der Waals surface area contributed by atoms with Crippen LogP contribution in [0.1, 0.15) is 6.42 Å². The third-order valence-corrected chi connectivity index (χ3v) is 2.02. The van der Waals surface area contributed by atoms with Crippen LogP contribution in [0, 0.1) is 0 Å². The predicted molar refractivity (Wildman–Crippen MR) is 25.8 cm³/mol. The number of rotatable bonds is 0. The Labute approximate surface area is 46.9 Å². The van der Waals surface area contributed by atoms with E-state index in [1.165, 1.54) is 0 Å². The number of hydrogen-bond acceptors (Lipinski definition) is 3. The minimum Gasteiger partial charge on any atom is -0.861 e. The minimum atomic E-state index is -3.32. The van der Waals surface area contributed by atoms with Crippen molar-refractivity contribution in [2.75, 3.05) is 5.75 Å². The van der Waals surface area contributed by atoms with E-state index in [1.807, 2.05) is 0 Å². The van der Waals surface area contributed by atoms with Crippen molar-refractivity contribution in [3.05, 3.63) is 0 Å². The molecule has 0 saturated carbocycles. The molecule has 0 bridgehead atoms. The van der Waals surface area contributed by atoms with Crippen molar-refractivity contribution in [1.82, 2.24) is 0 Å². The molecule has 1 aliphatic rings. The van der Waals surface area contributed by atoms with Crippen LogP contribution in [0.2, 0.25) is 0 Å². The Morgan fingerprint density at radius 3 is 2.38 bits per heavy atom. The zero-order valence-corrected chi connectivity index (χ0v) is 4.81. The monoisotopic (exact) mass is 134 g/mol. The summed E-state index contributed by atoms with van der Waals surface area (Å²) in [4.78, 5) is 0. The second kappa shape index (κ2) is 1.45. The van der Waals surface area contributed by atoms with Crippen LogP contribution < -0.4 is 5.11 Å². The molecule has 0 amide bonds. The molecule has 0 radical (unpaired) electrons. The molecule has 0 atom stereocenters. The highest BCUT2D eigenvalue weighted by molar-refractivity contribution is 7.90. The maximum absolute atomic E-state index is 10.3. The van der Waals surface area contributed by atoms with E-state index in [9.17, 15) is 13.5 Å². The average Bonchev–Trinajstić information content (AvgIpc) is 1.82. The molecule has 0 aromatic carbocycles. The van der Waals surface area contributed by atoms with Crippen molar-refractivity contribution in [2.24, 2.45) is 4.40 Å². The Hall–Kier alpha value is -0.580. The molecule has 0 saturated heterocycles. The summed E-state index contributed by atoms with van der Waals surface area (Å²) in [5, 5.41) is 10.1. The third kappa shape index (κ3) is 0.975. The van der Waals surface area contributed by atoms with Crippen LogP contribution in [0.15, 0.2) is 4.40 Å². The quantitative estimate of drug-likeness (QED) is 0.404. The van der Waals surface area contributed by atoms with Gasteiger partial charge in [0.15, 0.2) is 0 Å². The SMILES string of the molecule is O=S1(=O)CCC([O-])=N1. The molecule has 8 heavy (non-hydrogen) atoms. The summed E-state index contributed by atoms with van der Waals surface area (Å²) in [7, 11) is -3.32. The van der Waals surface area contributed by atoms with Crippen LogP contribution in [0.3, 0.4) is 0 Å². The molecule has 1 aliphatic heterocycles. The Morgan fingerprint density at radius 1 is 1.62 bits per heavy atom. The summed E-state index contributed by atoms with van der Waals surface area (Å²) in [6, 6.07) is 0. The largest absolute Gasteiger partial charge is 0.861 e. The van der Waals surface area contributed by atoms with Crippen LogP contribution in [-0.2, 0) is 10.0 Å². The van der Waals surface area contributed by atoms with Gasteiger partial charge in [-0.1, -0.05) is 0 Å². The predicted octanol–water partition coefficient (Wildman–Crippen LogP) is -1.52. The zero-order chi connectivity index (χ0) is 6.20. The highest BCUT2D eigenvalue weighted by atomic mass is 32.2. The lowest BCUT2D eigenvalue weighted by Gasteiger charge is -1.94. The molecule has 0 spiro atoms. The van der Waals surface area contributed by atoms with Gasteiger partial charge in [-0.2, -0.15) is 4.40 Å². The lowest BCUT2D eigenvalue weighted by atomic mass is 10.5. The molecular formula is C3H4NO3S-. The minimum absolute atomic E-state index is 0.0579. The molecule has 0 unspecified atom stereocenters. The molecule has 0 aliphatic carbocycles. The molecule has 1 heterocycles. The third-order valence-electron chi connectivity index (χ3n) is 0.815. The van der Waals surface area contributed by atoms with E-state index in [4.69, 9.17) is 0 Å². The Balaban J connectivity index is 3.00. The first-order valence-electron chi connectivity index (χ1n) is 2.09. The van der Waals surface area contributed by atoms with E-state index in [0.717, 1.165) is 0 Å². The van der Waals surface area contributed by atoms with E-state index < -0.39 is 15.9 Å². The van der Waals surface area contributed by atoms with Crippen molar-refractivity contribution in [2.45, 2.75) is 6.42 Å². The summed E-state index contributed by atoms with van der Waals surface area (Å²) < 4.78 is 23.4. The molecular weight excluding hydrogens is 130 g/mol. The van der Waals surface area contributed by atoms with Crippen molar-refractivity contribution in [3.8, 4) is 0 Å². The average molecular weight is 134 g/mol. The topological polar surface area (TPSA) is 69.6 Å². The van der Waals surface area contributed by atoms with E-state index in [2.05, 4.69) is 4.40 Å². The fourth-order valence-electron chi connectivity index (χ4n) is 0.463. The van der Waals surface area contributed by atoms with Gasteiger partial charge in [-0.25, -0.2) is 8.42 Å². The lowest BCUT2D eigenvalue weighted by Crippen LogP contribution is -2.13. The van der Waals surface area contributed by atoms with Crippen molar-refractivity contribution < 1.29 is 13.5 Å². The van der Waals surface area contributed by atoms with Crippen LogP contribution in [-0.4, -0.2) is 20.1 Å². The number of nitrogens with zero attached hydrogens (tertiary/aromatic N) is 1. The Bertz CT molecular complexity index is 215. The van der Waals surface area contributed by atoms with Gasteiger partial charge in [0.1, 0.15) is 0 Å². The Kier molecular flexibility index (Phi) is 1.00. The molecule has 4 nitrogen and oxygen atoms in total. The molecule has 0 N–H and O–H groups in total. The van der Waals surface area contributed by atoms with Crippen molar-refractivity contribution in [1.29, 1.82) is 0 Å². The second-order valence-electron chi connectivity index (χ2n) is 1.52. The number of hydrogen-bond donors (Lipinski definition) is 0. The summed E-state index contributed by atoms with van der Waals surface area (Å²) in [6.45, 7) is 0.